The average molecular weight is 266 g/mol. The molecule has 0 saturated carbocycles. The largest absolute Gasteiger partial charge is 0.465 e. The van der Waals surface area contributed by atoms with Crippen LogP contribution < -0.4 is 10.6 Å². The van der Waals surface area contributed by atoms with E-state index in [1.807, 2.05) is 0 Å². The molecular formula is C12H14N2O3S. The third-order valence-corrected chi connectivity index (χ3v) is 3.19. The number of esters is 1. The SMILES string of the molecule is COC(=O)c1cccc(N)c1N1CC(S)CC1=O. The number of rotatable bonds is 2. The Balaban J connectivity index is 2.49. The highest BCUT2D eigenvalue weighted by Gasteiger charge is 2.32. The lowest BCUT2D eigenvalue weighted by Gasteiger charge is -2.20. The van der Waals surface area contributed by atoms with Crippen molar-refractivity contribution in [2.45, 2.75) is 11.7 Å². The summed E-state index contributed by atoms with van der Waals surface area (Å²) in [6.45, 7) is 0.445. The first-order chi connectivity index (χ1) is 8.54. The van der Waals surface area contributed by atoms with E-state index < -0.39 is 5.97 Å². The third-order valence-electron chi connectivity index (χ3n) is 2.85. The normalized spacial score (nSPS) is 19.1. The second kappa shape index (κ2) is 4.89. The van der Waals surface area contributed by atoms with Crippen molar-refractivity contribution in [3.63, 3.8) is 0 Å². The maximum absolute atomic E-state index is 11.9. The number of ether oxygens (including phenoxy) is 1. The molecule has 1 aromatic rings. The van der Waals surface area contributed by atoms with Crippen molar-refractivity contribution < 1.29 is 14.3 Å². The zero-order valence-electron chi connectivity index (χ0n) is 9.92. The highest BCUT2D eigenvalue weighted by molar-refractivity contribution is 7.81. The van der Waals surface area contributed by atoms with Crippen molar-refractivity contribution in [1.29, 1.82) is 0 Å². The number of carbonyl (C=O) groups is 2. The Bertz CT molecular complexity index is 504. The van der Waals surface area contributed by atoms with Crippen LogP contribution in [0.5, 0.6) is 0 Å². The highest BCUT2D eigenvalue weighted by atomic mass is 32.1. The van der Waals surface area contributed by atoms with Crippen LogP contribution in [-0.4, -0.2) is 30.8 Å². The maximum atomic E-state index is 11.9. The van der Waals surface area contributed by atoms with Crippen LogP contribution in [-0.2, 0) is 9.53 Å². The van der Waals surface area contributed by atoms with Crippen LogP contribution in [0.4, 0.5) is 11.4 Å². The van der Waals surface area contributed by atoms with Crippen molar-refractivity contribution in [3.05, 3.63) is 23.8 Å². The standard InChI is InChI=1S/C12H14N2O3S/c1-17-12(16)8-3-2-4-9(13)11(8)14-6-7(18)5-10(14)15/h2-4,7,18H,5-6,13H2,1H3. The molecule has 6 heteroatoms. The molecule has 18 heavy (non-hydrogen) atoms. The molecule has 1 atom stereocenters. The van der Waals surface area contributed by atoms with Crippen molar-refractivity contribution in [2.75, 3.05) is 24.3 Å². The van der Waals surface area contributed by atoms with Gasteiger partial charge in [0.25, 0.3) is 0 Å². The zero-order valence-corrected chi connectivity index (χ0v) is 10.8. The highest BCUT2D eigenvalue weighted by Crippen LogP contribution is 2.32. The van der Waals surface area contributed by atoms with Crippen LogP contribution in [0, 0.1) is 0 Å². The number of nitrogens with two attached hydrogens (primary N) is 1. The molecule has 1 heterocycles. The van der Waals surface area contributed by atoms with Gasteiger partial charge in [-0.2, -0.15) is 12.6 Å². The van der Waals surface area contributed by atoms with Crippen molar-refractivity contribution in [3.8, 4) is 0 Å². The van der Waals surface area contributed by atoms with Gasteiger partial charge in [0.2, 0.25) is 5.91 Å². The summed E-state index contributed by atoms with van der Waals surface area (Å²) in [4.78, 5) is 25.1. The lowest BCUT2D eigenvalue weighted by Crippen LogP contribution is -2.27. The first kappa shape index (κ1) is 12.8. The molecule has 0 aliphatic carbocycles. The lowest BCUT2D eigenvalue weighted by molar-refractivity contribution is -0.117. The van der Waals surface area contributed by atoms with Gasteiger partial charge < -0.3 is 15.4 Å². The van der Waals surface area contributed by atoms with Crippen molar-refractivity contribution in [1.82, 2.24) is 0 Å². The van der Waals surface area contributed by atoms with E-state index in [4.69, 9.17) is 10.5 Å². The van der Waals surface area contributed by atoms with E-state index in [0.29, 0.717) is 29.9 Å². The number of thiol groups is 1. The van der Waals surface area contributed by atoms with Crippen LogP contribution in [0.2, 0.25) is 0 Å². The van der Waals surface area contributed by atoms with Crippen LogP contribution in [0.1, 0.15) is 16.8 Å². The fourth-order valence-electron chi connectivity index (χ4n) is 2.04. The average Bonchev–Trinajstić information content (AvgIpc) is 2.67. The van der Waals surface area contributed by atoms with E-state index in [2.05, 4.69) is 12.6 Å². The van der Waals surface area contributed by atoms with Gasteiger partial charge in [0.1, 0.15) is 0 Å². The van der Waals surface area contributed by atoms with Gasteiger partial charge >= 0.3 is 5.97 Å². The van der Waals surface area contributed by atoms with Gasteiger partial charge in [0.05, 0.1) is 24.0 Å². The predicted molar refractivity (Wildman–Crippen MR) is 71.9 cm³/mol. The van der Waals surface area contributed by atoms with E-state index in [1.54, 1.807) is 18.2 Å². The van der Waals surface area contributed by atoms with Crippen LogP contribution in [0.25, 0.3) is 0 Å². The van der Waals surface area contributed by atoms with Crippen LogP contribution in [0.15, 0.2) is 18.2 Å². The van der Waals surface area contributed by atoms with Gasteiger partial charge in [-0.25, -0.2) is 4.79 Å². The van der Waals surface area contributed by atoms with Gasteiger partial charge in [-0.3, -0.25) is 4.79 Å². The summed E-state index contributed by atoms with van der Waals surface area (Å²) in [6.07, 6.45) is 0.345. The summed E-state index contributed by atoms with van der Waals surface area (Å²) in [7, 11) is 1.29. The van der Waals surface area contributed by atoms with E-state index in [9.17, 15) is 9.59 Å². The topological polar surface area (TPSA) is 72.6 Å². The first-order valence-electron chi connectivity index (χ1n) is 5.50. The molecule has 2 N–H and O–H groups in total. The number of methoxy groups -OCH3 is 1. The van der Waals surface area contributed by atoms with E-state index >= 15 is 0 Å². The van der Waals surface area contributed by atoms with Gasteiger partial charge in [-0.05, 0) is 12.1 Å². The van der Waals surface area contributed by atoms with Gasteiger partial charge in [-0.15, -0.1) is 0 Å². The Morgan fingerprint density at radius 1 is 1.56 bits per heavy atom. The van der Waals surface area contributed by atoms with Gasteiger partial charge in [0, 0.05) is 18.2 Å². The number of para-hydroxylation sites is 1. The predicted octanol–water partition coefficient (Wildman–Crippen LogP) is 1.09. The molecule has 1 fully saturated rings. The second-order valence-electron chi connectivity index (χ2n) is 4.10. The number of nitrogens with zero attached hydrogens (tertiary/aromatic N) is 1. The number of anilines is 2. The molecule has 96 valence electrons. The summed E-state index contributed by atoms with van der Waals surface area (Å²) in [5.74, 6) is -0.592. The molecular weight excluding hydrogens is 252 g/mol. The Morgan fingerprint density at radius 2 is 2.28 bits per heavy atom. The third kappa shape index (κ3) is 2.15. The molecule has 1 unspecified atom stereocenters. The number of benzene rings is 1. The number of hydrogen-bond acceptors (Lipinski definition) is 5. The maximum Gasteiger partial charge on any atom is 0.340 e. The van der Waals surface area contributed by atoms with Gasteiger partial charge in [-0.1, -0.05) is 6.07 Å². The van der Waals surface area contributed by atoms with Crippen LogP contribution in [0.3, 0.4) is 0 Å². The fraction of sp³-hybridized carbons (Fsp3) is 0.333. The lowest BCUT2D eigenvalue weighted by atomic mass is 10.1. The monoisotopic (exact) mass is 266 g/mol. The summed E-state index contributed by atoms with van der Waals surface area (Å²) >= 11 is 4.28. The summed E-state index contributed by atoms with van der Waals surface area (Å²) < 4.78 is 4.70. The second-order valence-corrected chi connectivity index (χ2v) is 4.83. The van der Waals surface area contributed by atoms with Gasteiger partial charge in [0.15, 0.2) is 0 Å². The summed E-state index contributed by atoms with van der Waals surface area (Å²) in [5, 5.41) is -0.0393. The Kier molecular flexibility index (Phi) is 3.47. The summed E-state index contributed by atoms with van der Waals surface area (Å²) in [5.41, 5.74) is 6.98. The Labute approximate surface area is 110 Å². The molecule has 1 aliphatic rings. The fourth-order valence-corrected chi connectivity index (χ4v) is 2.36. The summed E-state index contributed by atoms with van der Waals surface area (Å²) in [6, 6.07) is 4.90. The van der Waals surface area contributed by atoms with Crippen LogP contribution >= 0.6 is 12.6 Å². The van der Waals surface area contributed by atoms with E-state index in [0.717, 1.165) is 0 Å². The minimum Gasteiger partial charge on any atom is -0.465 e. The minimum absolute atomic E-state index is 0.0393. The Morgan fingerprint density at radius 3 is 2.83 bits per heavy atom. The molecule has 1 saturated heterocycles. The molecule has 0 radical (unpaired) electrons. The molecule has 0 aromatic heterocycles. The number of hydrogen-bond donors (Lipinski definition) is 2. The number of amides is 1. The van der Waals surface area contributed by atoms with Crippen molar-refractivity contribution >= 4 is 35.9 Å². The van der Waals surface area contributed by atoms with E-state index in [-0.39, 0.29) is 11.2 Å². The molecule has 1 amide bonds. The zero-order chi connectivity index (χ0) is 13.3. The molecule has 1 aliphatic heterocycles. The number of nitrogen functional groups attached to an aromatic ring is 1. The quantitative estimate of drug-likeness (QED) is 0.477. The molecule has 0 spiro atoms. The number of carbonyl (C=O) groups excluding carboxylic acids is 2. The smallest absolute Gasteiger partial charge is 0.340 e. The first-order valence-corrected chi connectivity index (χ1v) is 6.01. The van der Waals surface area contributed by atoms with E-state index in [1.165, 1.54) is 12.0 Å². The molecule has 1 aromatic carbocycles. The molecule has 5 nitrogen and oxygen atoms in total. The van der Waals surface area contributed by atoms with Crippen molar-refractivity contribution in [2.24, 2.45) is 0 Å². The molecule has 0 bridgehead atoms. The molecule has 2 rings (SSSR count). The Hall–Kier alpha value is -1.69. The minimum atomic E-state index is -0.507.